The first kappa shape index (κ1) is 15.7. The Morgan fingerprint density at radius 2 is 2.32 bits per heavy atom. The fourth-order valence-corrected chi connectivity index (χ4v) is 5.06. The van der Waals surface area contributed by atoms with Crippen LogP contribution >= 0.6 is 23.1 Å². The van der Waals surface area contributed by atoms with Crippen molar-refractivity contribution in [3.63, 3.8) is 0 Å². The Labute approximate surface area is 137 Å². The minimum Gasteiger partial charge on any atom is -0.335 e. The molecule has 0 unspecified atom stereocenters. The lowest BCUT2D eigenvalue weighted by atomic mass is 9.84. The molecule has 2 bridgehead atoms. The molecule has 6 nitrogen and oxygen atoms in total. The number of rotatable bonds is 5. The second-order valence-electron chi connectivity index (χ2n) is 6.14. The zero-order chi connectivity index (χ0) is 15.5. The lowest BCUT2D eigenvalue weighted by Crippen LogP contribution is -2.47. The second kappa shape index (κ2) is 6.95. The van der Waals surface area contributed by atoms with Gasteiger partial charge < -0.3 is 5.32 Å². The molecule has 8 heteroatoms. The first-order valence-corrected chi connectivity index (χ1v) is 9.47. The summed E-state index contributed by atoms with van der Waals surface area (Å²) < 4.78 is 0.728. The third kappa shape index (κ3) is 3.78. The van der Waals surface area contributed by atoms with E-state index in [4.69, 9.17) is 0 Å². The van der Waals surface area contributed by atoms with Gasteiger partial charge in [-0.05, 0) is 43.9 Å². The number of hydrogen-bond donors (Lipinski definition) is 2. The summed E-state index contributed by atoms with van der Waals surface area (Å²) in [4.78, 5) is 23.7. The molecule has 3 rings (SSSR count). The fourth-order valence-electron chi connectivity index (χ4n) is 3.77. The van der Waals surface area contributed by atoms with E-state index < -0.39 is 6.03 Å². The Morgan fingerprint density at radius 3 is 2.95 bits per heavy atom. The van der Waals surface area contributed by atoms with Crippen LogP contribution in [-0.2, 0) is 4.79 Å². The van der Waals surface area contributed by atoms with Gasteiger partial charge in [-0.3, -0.25) is 10.1 Å². The number of nitrogens with zero attached hydrogens (tertiary/aromatic N) is 2. The highest BCUT2D eigenvalue weighted by Gasteiger charge is 2.42. The predicted octanol–water partition coefficient (Wildman–Crippen LogP) is 2.28. The fraction of sp³-hybridized carbons (Fsp3) is 0.714. The Hall–Kier alpha value is -1.15. The molecule has 2 saturated carbocycles. The number of amides is 3. The molecule has 1 heterocycles. The molecule has 120 valence electrons. The molecular weight excluding hydrogens is 320 g/mol. The van der Waals surface area contributed by atoms with Crippen molar-refractivity contribution in [2.45, 2.75) is 43.0 Å². The van der Waals surface area contributed by atoms with Gasteiger partial charge in [0.05, 0.1) is 5.75 Å². The Kier molecular flexibility index (Phi) is 4.97. The van der Waals surface area contributed by atoms with E-state index in [-0.39, 0.29) is 17.7 Å². The molecule has 0 radical (unpaired) electrons. The third-order valence-corrected chi connectivity index (χ3v) is 6.57. The SMILES string of the molecule is C[C@H](NC(=O)NC(=O)CSc1nncs1)[C@@H]1C[C@H]2CC[C@H]1C2. The highest BCUT2D eigenvalue weighted by atomic mass is 32.2. The van der Waals surface area contributed by atoms with Crippen LogP contribution in [0.5, 0.6) is 0 Å². The minimum atomic E-state index is -0.391. The van der Waals surface area contributed by atoms with Crippen molar-refractivity contribution < 1.29 is 9.59 Å². The highest BCUT2D eigenvalue weighted by molar-refractivity contribution is 8.01. The van der Waals surface area contributed by atoms with Crippen molar-refractivity contribution in [3.8, 4) is 0 Å². The molecule has 1 aromatic rings. The van der Waals surface area contributed by atoms with Gasteiger partial charge in [-0.25, -0.2) is 4.79 Å². The van der Waals surface area contributed by atoms with Crippen molar-refractivity contribution >= 4 is 35.0 Å². The molecule has 3 amide bonds. The van der Waals surface area contributed by atoms with E-state index in [2.05, 4.69) is 20.8 Å². The number of thioether (sulfide) groups is 1. The van der Waals surface area contributed by atoms with E-state index in [0.29, 0.717) is 5.92 Å². The Balaban J connectivity index is 1.39. The van der Waals surface area contributed by atoms with Crippen LogP contribution in [0.4, 0.5) is 4.79 Å². The zero-order valence-corrected chi connectivity index (χ0v) is 14.1. The first-order valence-electron chi connectivity index (χ1n) is 7.61. The molecule has 0 aliphatic heterocycles. The number of imide groups is 1. The van der Waals surface area contributed by atoms with Gasteiger partial charge in [0.15, 0.2) is 4.34 Å². The summed E-state index contributed by atoms with van der Waals surface area (Å²) in [5.74, 6) is 2.04. The molecule has 2 N–H and O–H groups in total. The van der Waals surface area contributed by atoms with Gasteiger partial charge in [-0.15, -0.1) is 10.2 Å². The van der Waals surface area contributed by atoms with Crippen molar-refractivity contribution in [3.05, 3.63) is 5.51 Å². The standard InChI is InChI=1S/C14H20N4O2S2/c1-8(11-5-9-2-3-10(11)4-9)16-13(20)17-12(19)6-21-14-18-15-7-22-14/h7-11H,2-6H2,1H3,(H2,16,17,19,20)/t8-,9-,10-,11-/m0/s1. The number of carbonyl (C=O) groups excluding carboxylic acids is 2. The summed E-state index contributed by atoms with van der Waals surface area (Å²) in [6.07, 6.45) is 5.17. The van der Waals surface area contributed by atoms with Gasteiger partial charge in [-0.1, -0.05) is 29.5 Å². The number of hydrogen-bond acceptors (Lipinski definition) is 6. The van der Waals surface area contributed by atoms with E-state index in [9.17, 15) is 9.59 Å². The molecule has 22 heavy (non-hydrogen) atoms. The average molecular weight is 340 g/mol. The van der Waals surface area contributed by atoms with Crippen LogP contribution < -0.4 is 10.6 Å². The van der Waals surface area contributed by atoms with Crippen molar-refractivity contribution in [2.24, 2.45) is 17.8 Å². The monoisotopic (exact) mass is 340 g/mol. The lowest BCUT2D eigenvalue weighted by Gasteiger charge is -2.28. The molecule has 2 aliphatic rings. The molecule has 1 aromatic heterocycles. The smallest absolute Gasteiger partial charge is 0.321 e. The molecule has 4 atom stereocenters. The van der Waals surface area contributed by atoms with Crippen molar-refractivity contribution in [1.82, 2.24) is 20.8 Å². The molecule has 0 saturated heterocycles. The lowest BCUT2D eigenvalue weighted by molar-refractivity contribution is -0.117. The summed E-state index contributed by atoms with van der Waals surface area (Å²) >= 11 is 2.66. The van der Waals surface area contributed by atoms with Crippen LogP contribution in [0.1, 0.15) is 32.6 Å². The summed E-state index contributed by atoms with van der Waals surface area (Å²) in [6.45, 7) is 2.05. The average Bonchev–Trinajstić information content (AvgIpc) is 3.22. The maximum absolute atomic E-state index is 11.9. The zero-order valence-electron chi connectivity index (χ0n) is 12.4. The summed E-state index contributed by atoms with van der Waals surface area (Å²) in [5, 5.41) is 12.9. The van der Waals surface area contributed by atoms with E-state index in [1.54, 1.807) is 5.51 Å². The second-order valence-corrected chi connectivity index (χ2v) is 8.20. The van der Waals surface area contributed by atoms with Crippen LogP contribution in [0.3, 0.4) is 0 Å². The van der Waals surface area contributed by atoms with Gasteiger partial charge in [-0.2, -0.15) is 0 Å². The largest absolute Gasteiger partial charge is 0.335 e. The predicted molar refractivity (Wildman–Crippen MR) is 85.7 cm³/mol. The normalized spacial score (nSPS) is 27.6. The molecule has 0 spiro atoms. The van der Waals surface area contributed by atoms with Crippen molar-refractivity contribution in [1.29, 1.82) is 0 Å². The van der Waals surface area contributed by atoms with Crippen LogP contribution in [-0.4, -0.2) is 33.9 Å². The van der Waals surface area contributed by atoms with E-state index in [1.807, 2.05) is 6.92 Å². The summed E-state index contributed by atoms with van der Waals surface area (Å²) in [6, 6.07) is -0.267. The van der Waals surface area contributed by atoms with E-state index in [1.165, 1.54) is 48.8 Å². The minimum absolute atomic E-state index is 0.124. The maximum Gasteiger partial charge on any atom is 0.321 e. The summed E-state index contributed by atoms with van der Waals surface area (Å²) in [7, 11) is 0. The van der Waals surface area contributed by atoms with Crippen LogP contribution in [0.25, 0.3) is 0 Å². The molecule has 2 aliphatic carbocycles. The van der Waals surface area contributed by atoms with Gasteiger partial charge in [0, 0.05) is 6.04 Å². The van der Waals surface area contributed by atoms with Gasteiger partial charge in [0.25, 0.3) is 0 Å². The van der Waals surface area contributed by atoms with Crippen molar-refractivity contribution in [2.75, 3.05) is 5.75 Å². The maximum atomic E-state index is 11.9. The molecule has 2 fully saturated rings. The quantitative estimate of drug-likeness (QED) is 0.804. The number of nitrogens with one attached hydrogen (secondary N) is 2. The molecule has 0 aromatic carbocycles. The Morgan fingerprint density at radius 1 is 1.45 bits per heavy atom. The Bertz CT molecular complexity index is 537. The highest BCUT2D eigenvalue weighted by Crippen LogP contribution is 2.49. The topological polar surface area (TPSA) is 84.0 Å². The summed E-state index contributed by atoms with van der Waals surface area (Å²) in [5.41, 5.74) is 1.62. The number of aromatic nitrogens is 2. The van der Waals surface area contributed by atoms with Gasteiger partial charge in [0.2, 0.25) is 5.91 Å². The number of carbonyl (C=O) groups is 2. The van der Waals surface area contributed by atoms with E-state index in [0.717, 1.165) is 16.2 Å². The van der Waals surface area contributed by atoms with E-state index >= 15 is 0 Å². The molecular formula is C14H20N4O2S2. The van der Waals surface area contributed by atoms with Crippen LogP contribution in [0.15, 0.2) is 9.85 Å². The van der Waals surface area contributed by atoms with Crippen LogP contribution in [0.2, 0.25) is 0 Å². The number of urea groups is 1. The van der Waals surface area contributed by atoms with Gasteiger partial charge >= 0.3 is 6.03 Å². The number of fused-ring (bicyclic) bond motifs is 2. The van der Waals surface area contributed by atoms with Crippen LogP contribution in [0, 0.1) is 17.8 Å². The van der Waals surface area contributed by atoms with Gasteiger partial charge in [0.1, 0.15) is 5.51 Å². The first-order chi connectivity index (χ1) is 10.6. The third-order valence-electron chi connectivity index (χ3n) is 4.71.